The summed E-state index contributed by atoms with van der Waals surface area (Å²) in [5.74, 6) is -0.682. The molecule has 0 saturated carbocycles. The summed E-state index contributed by atoms with van der Waals surface area (Å²) in [6, 6.07) is 5.73. The molecule has 1 heterocycles. The van der Waals surface area contributed by atoms with Crippen LogP contribution >= 0.6 is 0 Å². The van der Waals surface area contributed by atoms with Crippen LogP contribution in [0, 0.1) is 5.82 Å². The smallest absolute Gasteiger partial charge is 0.246 e. The molecule has 6 nitrogen and oxygen atoms in total. The number of carbonyl (C=O) groups excluding carboxylic acids is 1. The number of hydrogen-bond acceptors (Lipinski definition) is 4. The number of carbonyl (C=O) groups is 1. The highest BCUT2D eigenvalue weighted by molar-refractivity contribution is 5.90. The Bertz CT molecular complexity index is 584. The van der Waals surface area contributed by atoms with Gasteiger partial charge in [-0.05, 0) is 37.6 Å². The number of hydrogen-bond donors (Lipinski definition) is 2. The molecule has 0 atom stereocenters. The van der Waals surface area contributed by atoms with Gasteiger partial charge in [-0.1, -0.05) is 11.3 Å². The van der Waals surface area contributed by atoms with E-state index in [1.54, 1.807) is 12.3 Å². The minimum absolute atomic E-state index is 0.0339. The van der Waals surface area contributed by atoms with Crippen LogP contribution in [0.2, 0.25) is 0 Å². The summed E-state index contributed by atoms with van der Waals surface area (Å²) in [7, 11) is 0. The molecular formula is C13H16FN5O. The monoisotopic (exact) mass is 277 g/mol. The minimum atomic E-state index is -0.396. The molecule has 2 rings (SSSR count). The minimum Gasteiger partial charge on any atom is -0.330 e. The van der Waals surface area contributed by atoms with E-state index in [0.29, 0.717) is 12.2 Å². The number of nitrogens with two attached hydrogens (primary N) is 1. The maximum absolute atomic E-state index is 13.0. The van der Waals surface area contributed by atoms with Gasteiger partial charge in [0.25, 0.3) is 0 Å². The quantitative estimate of drug-likeness (QED) is 0.823. The first kappa shape index (κ1) is 14.1. The Hall–Kier alpha value is -2.28. The first-order chi connectivity index (χ1) is 9.67. The van der Waals surface area contributed by atoms with Gasteiger partial charge in [0, 0.05) is 11.9 Å². The molecule has 3 N–H and O–H groups in total. The van der Waals surface area contributed by atoms with Crippen LogP contribution in [0.4, 0.5) is 10.1 Å². The predicted octanol–water partition coefficient (Wildman–Crippen LogP) is 0.947. The highest BCUT2D eigenvalue weighted by atomic mass is 19.1. The second-order valence-corrected chi connectivity index (χ2v) is 4.36. The van der Waals surface area contributed by atoms with Gasteiger partial charge in [0.2, 0.25) is 5.91 Å². The predicted molar refractivity (Wildman–Crippen MR) is 72.4 cm³/mol. The van der Waals surface area contributed by atoms with Gasteiger partial charge in [-0.3, -0.25) is 4.79 Å². The first-order valence-electron chi connectivity index (χ1n) is 6.32. The molecule has 106 valence electrons. The van der Waals surface area contributed by atoms with E-state index in [1.165, 1.54) is 22.9 Å². The number of amides is 1. The first-order valence-corrected chi connectivity index (χ1v) is 6.32. The van der Waals surface area contributed by atoms with Crippen LogP contribution in [0.1, 0.15) is 12.1 Å². The highest BCUT2D eigenvalue weighted by Gasteiger charge is 2.07. The van der Waals surface area contributed by atoms with Crippen molar-refractivity contribution in [2.24, 2.45) is 5.73 Å². The summed E-state index contributed by atoms with van der Waals surface area (Å²) < 4.78 is 14.4. The van der Waals surface area contributed by atoms with Gasteiger partial charge in [0.15, 0.2) is 0 Å². The third-order valence-electron chi connectivity index (χ3n) is 2.64. The molecule has 0 bridgehead atoms. The van der Waals surface area contributed by atoms with E-state index in [-0.39, 0.29) is 12.5 Å². The summed E-state index contributed by atoms with van der Waals surface area (Å²) in [4.78, 5) is 11.8. The summed E-state index contributed by atoms with van der Waals surface area (Å²) in [5.41, 5.74) is 6.63. The number of aromatic nitrogens is 3. The third kappa shape index (κ3) is 4.13. The maximum Gasteiger partial charge on any atom is 0.246 e. The Morgan fingerprint density at radius 2 is 2.30 bits per heavy atom. The van der Waals surface area contributed by atoms with Gasteiger partial charge in [0.05, 0.1) is 5.69 Å². The molecule has 2 aromatic rings. The summed E-state index contributed by atoms with van der Waals surface area (Å²) in [5, 5.41) is 10.4. The number of nitrogens with zero attached hydrogens (tertiary/aromatic N) is 3. The number of nitrogens with one attached hydrogen (secondary N) is 1. The molecule has 0 saturated heterocycles. The molecule has 1 aromatic heterocycles. The van der Waals surface area contributed by atoms with Crippen molar-refractivity contribution >= 4 is 11.6 Å². The normalized spacial score (nSPS) is 10.5. The average molecular weight is 277 g/mol. The topological polar surface area (TPSA) is 85.8 Å². The van der Waals surface area contributed by atoms with Crippen molar-refractivity contribution in [1.29, 1.82) is 0 Å². The van der Waals surface area contributed by atoms with Gasteiger partial charge in [-0.25, -0.2) is 9.07 Å². The lowest BCUT2D eigenvalue weighted by Crippen LogP contribution is -2.19. The summed E-state index contributed by atoms with van der Waals surface area (Å²) >= 11 is 0. The zero-order valence-corrected chi connectivity index (χ0v) is 10.9. The van der Waals surface area contributed by atoms with Crippen LogP contribution in [0.25, 0.3) is 0 Å². The van der Waals surface area contributed by atoms with Gasteiger partial charge >= 0.3 is 0 Å². The van der Waals surface area contributed by atoms with E-state index in [0.717, 1.165) is 18.5 Å². The van der Waals surface area contributed by atoms with Crippen LogP contribution in [0.15, 0.2) is 30.5 Å². The van der Waals surface area contributed by atoms with Crippen molar-refractivity contribution in [3.05, 3.63) is 42.0 Å². The molecule has 0 aliphatic carbocycles. The Balaban J connectivity index is 1.89. The van der Waals surface area contributed by atoms with Crippen molar-refractivity contribution in [3.8, 4) is 0 Å². The van der Waals surface area contributed by atoms with Crippen molar-refractivity contribution in [2.45, 2.75) is 19.4 Å². The lowest BCUT2D eigenvalue weighted by Gasteiger charge is -2.04. The van der Waals surface area contributed by atoms with Crippen molar-refractivity contribution in [1.82, 2.24) is 15.0 Å². The fourth-order valence-electron chi connectivity index (χ4n) is 1.73. The van der Waals surface area contributed by atoms with Gasteiger partial charge in [-0.2, -0.15) is 0 Å². The van der Waals surface area contributed by atoms with E-state index in [1.807, 2.05) is 0 Å². The molecule has 1 amide bonds. The Labute approximate surface area is 115 Å². The van der Waals surface area contributed by atoms with E-state index >= 15 is 0 Å². The fraction of sp³-hybridized carbons (Fsp3) is 0.308. The molecule has 1 aromatic carbocycles. The Morgan fingerprint density at radius 1 is 1.45 bits per heavy atom. The van der Waals surface area contributed by atoms with E-state index < -0.39 is 5.82 Å². The fourth-order valence-corrected chi connectivity index (χ4v) is 1.73. The van der Waals surface area contributed by atoms with Crippen molar-refractivity contribution in [3.63, 3.8) is 0 Å². The van der Waals surface area contributed by atoms with Gasteiger partial charge in [0.1, 0.15) is 12.4 Å². The molecule has 0 unspecified atom stereocenters. The summed E-state index contributed by atoms with van der Waals surface area (Å²) in [6.07, 6.45) is 3.27. The lowest BCUT2D eigenvalue weighted by atomic mass is 10.2. The number of benzene rings is 1. The summed E-state index contributed by atoms with van der Waals surface area (Å²) in [6.45, 7) is 0.624. The van der Waals surface area contributed by atoms with Crippen molar-refractivity contribution < 1.29 is 9.18 Å². The average Bonchev–Trinajstić information content (AvgIpc) is 2.83. The van der Waals surface area contributed by atoms with Crippen LogP contribution in [-0.4, -0.2) is 27.4 Å². The molecular weight excluding hydrogens is 261 g/mol. The number of anilines is 1. The van der Waals surface area contributed by atoms with Crippen molar-refractivity contribution in [2.75, 3.05) is 11.9 Å². The molecule has 7 heteroatoms. The molecule has 0 aliphatic rings. The molecule has 0 fully saturated rings. The second-order valence-electron chi connectivity index (χ2n) is 4.36. The maximum atomic E-state index is 13.0. The zero-order chi connectivity index (χ0) is 14.4. The third-order valence-corrected chi connectivity index (χ3v) is 2.64. The van der Waals surface area contributed by atoms with Gasteiger partial charge in [-0.15, -0.1) is 5.10 Å². The van der Waals surface area contributed by atoms with E-state index in [9.17, 15) is 9.18 Å². The second kappa shape index (κ2) is 6.76. The molecule has 0 radical (unpaired) electrons. The van der Waals surface area contributed by atoms with Crippen LogP contribution in [0.5, 0.6) is 0 Å². The van der Waals surface area contributed by atoms with E-state index in [2.05, 4.69) is 15.6 Å². The Morgan fingerprint density at radius 3 is 3.05 bits per heavy atom. The van der Waals surface area contributed by atoms with Crippen LogP contribution < -0.4 is 11.1 Å². The number of aryl methyl sites for hydroxylation is 1. The molecule has 0 aliphatic heterocycles. The standard InChI is InChI=1S/C13H16FN5O/c14-10-3-1-4-11(7-10)16-13(20)9-19-8-12(17-18-19)5-2-6-15/h1,3-4,7-8H,2,5-6,9,15H2,(H,16,20). The zero-order valence-electron chi connectivity index (χ0n) is 10.9. The molecule has 20 heavy (non-hydrogen) atoms. The largest absolute Gasteiger partial charge is 0.330 e. The SMILES string of the molecule is NCCCc1cn(CC(=O)Nc2cccc(F)c2)nn1. The van der Waals surface area contributed by atoms with Crippen LogP contribution in [0.3, 0.4) is 0 Å². The lowest BCUT2D eigenvalue weighted by molar-refractivity contribution is -0.116. The Kier molecular flexibility index (Phi) is 4.78. The molecule has 0 spiro atoms. The van der Waals surface area contributed by atoms with Gasteiger partial charge < -0.3 is 11.1 Å². The van der Waals surface area contributed by atoms with E-state index in [4.69, 9.17) is 5.73 Å². The van der Waals surface area contributed by atoms with Crippen LogP contribution in [-0.2, 0) is 17.8 Å². The highest BCUT2D eigenvalue weighted by Crippen LogP contribution is 2.09. The number of rotatable bonds is 6. The number of halogens is 1.